The molecule has 0 bridgehead atoms. The maximum atomic E-state index is 12.5. The van der Waals surface area contributed by atoms with Crippen LogP contribution in [0.1, 0.15) is 37.4 Å². The highest BCUT2D eigenvalue weighted by molar-refractivity contribution is 5.79. The van der Waals surface area contributed by atoms with Crippen LogP contribution in [0.4, 0.5) is 0 Å². The zero-order chi connectivity index (χ0) is 16.1. The number of benzene rings is 1. The summed E-state index contributed by atoms with van der Waals surface area (Å²) < 4.78 is 5.46. The molecule has 0 unspecified atom stereocenters. The van der Waals surface area contributed by atoms with Gasteiger partial charge in [-0.1, -0.05) is 29.8 Å². The standard InChI is InChI=1S/C17H24N2O3/c1-12-4-6-15(7-5-12)16(18-14(3)20)10-17(21)19-8-9-22-13(2)11-19/h4-7,13,16H,8-11H2,1-3H3,(H,18,20)/t13-,16+/m0/s1. The van der Waals surface area contributed by atoms with Crippen molar-refractivity contribution in [1.82, 2.24) is 10.2 Å². The average Bonchev–Trinajstić information content (AvgIpc) is 2.47. The molecule has 1 saturated heterocycles. The van der Waals surface area contributed by atoms with Crippen LogP contribution < -0.4 is 5.32 Å². The van der Waals surface area contributed by atoms with Crippen molar-refractivity contribution in [3.8, 4) is 0 Å². The van der Waals surface area contributed by atoms with Gasteiger partial charge in [0, 0.05) is 20.0 Å². The van der Waals surface area contributed by atoms with Crippen molar-refractivity contribution >= 4 is 11.8 Å². The number of morpholine rings is 1. The van der Waals surface area contributed by atoms with Crippen molar-refractivity contribution in [2.45, 2.75) is 39.3 Å². The van der Waals surface area contributed by atoms with Crippen LogP contribution in [0.5, 0.6) is 0 Å². The topological polar surface area (TPSA) is 58.6 Å². The Morgan fingerprint density at radius 2 is 2.05 bits per heavy atom. The van der Waals surface area contributed by atoms with E-state index in [2.05, 4.69) is 5.32 Å². The maximum Gasteiger partial charge on any atom is 0.225 e. The van der Waals surface area contributed by atoms with E-state index in [1.54, 1.807) is 0 Å². The van der Waals surface area contributed by atoms with E-state index >= 15 is 0 Å². The number of carbonyl (C=O) groups excluding carboxylic acids is 2. The zero-order valence-electron chi connectivity index (χ0n) is 13.5. The third kappa shape index (κ3) is 4.56. The molecule has 0 aromatic heterocycles. The van der Waals surface area contributed by atoms with E-state index in [1.807, 2.05) is 43.0 Å². The first-order chi connectivity index (χ1) is 10.5. The molecule has 0 aliphatic carbocycles. The summed E-state index contributed by atoms with van der Waals surface area (Å²) in [4.78, 5) is 25.8. The number of aryl methyl sites for hydroxylation is 1. The summed E-state index contributed by atoms with van der Waals surface area (Å²) in [5.74, 6) is -0.0804. The Hall–Kier alpha value is -1.88. The predicted molar refractivity (Wildman–Crippen MR) is 84.3 cm³/mol. The van der Waals surface area contributed by atoms with Crippen LogP contribution >= 0.6 is 0 Å². The van der Waals surface area contributed by atoms with Gasteiger partial charge in [-0.3, -0.25) is 9.59 Å². The van der Waals surface area contributed by atoms with E-state index in [4.69, 9.17) is 4.74 Å². The van der Waals surface area contributed by atoms with E-state index < -0.39 is 0 Å². The Balaban J connectivity index is 2.07. The minimum Gasteiger partial charge on any atom is -0.375 e. The van der Waals surface area contributed by atoms with Crippen LogP contribution in [0.2, 0.25) is 0 Å². The molecule has 120 valence electrons. The second-order valence-corrected chi connectivity index (χ2v) is 5.89. The van der Waals surface area contributed by atoms with Gasteiger partial charge in [0.25, 0.3) is 0 Å². The third-order valence-electron chi connectivity index (χ3n) is 3.83. The molecule has 1 fully saturated rings. The van der Waals surface area contributed by atoms with Crippen molar-refractivity contribution in [1.29, 1.82) is 0 Å². The molecule has 5 heteroatoms. The molecule has 0 spiro atoms. The van der Waals surface area contributed by atoms with Crippen LogP contribution in [0, 0.1) is 6.92 Å². The summed E-state index contributed by atoms with van der Waals surface area (Å²) in [5, 5.41) is 2.88. The first-order valence-electron chi connectivity index (χ1n) is 7.68. The largest absolute Gasteiger partial charge is 0.375 e. The Labute approximate surface area is 131 Å². The van der Waals surface area contributed by atoms with Crippen molar-refractivity contribution in [2.75, 3.05) is 19.7 Å². The number of hydrogen-bond donors (Lipinski definition) is 1. The normalized spacial score (nSPS) is 19.6. The quantitative estimate of drug-likeness (QED) is 0.923. The van der Waals surface area contributed by atoms with Gasteiger partial charge < -0.3 is 15.0 Å². The number of amides is 2. The van der Waals surface area contributed by atoms with Crippen molar-refractivity contribution in [3.05, 3.63) is 35.4 Å². The lowest BCUT2D eigenvalue weighted by molar-refractivity contribution is -0.138. The monoisotopic (exact) mass is 304 g/mol. The first-order valence-corrected chi connectivity index (χ1v) is 7.68. The van der Waals surface area contributed by atoms with Gasteiger partial charge in [0.2, 0.25) is 11.8 Å². The molecule has 2 amide bonds. The molecule has 22 heavy (non-hydrogen) atoms. The van der Waals surface area contributed by atoms with Gasteiger partial charge in [0.1, 0.15) is 0 Å². The lowest BCUT2D eigenvalue weighted by Gasteiger charge is -2.32. The molecule has 2 rings (SSSR count). The Bertz CT molecular complexity index is 527. The zero-order valence-corrected chi connectivity index (χ0v) is 13.5. The van der Waals surface area contributed by atoms with Crippen LogP contribution in [-0.4, -0.2) is 42.5 Å². The SMILES string of the molecule is CC(=O)N[C@H](CC(=O)N1CCO[C@@H](C)C1)c1ccc(C)cc1. The number of carbonyl (C=O) groups is 2. The molecule has 0 saturated carbocycles. The minimum absolute atomic E-state index is 0.0504. The minimum atomic E-state index is -0.288. The molecule has 5 nitrogen and oxygen atoms in total. The van der Waals surface area contributed by atoms with Crippen molar-refractivity contribution < 1.29 is 14.3 Å². The second kappa shape index (κ2) is 7.40. The van der Waals surface area contributed by atoms with Gasteiger partial charge in [-0.05, 0) is 19.4 Å². The summed E-state index contributed by atoms with van der Waals surface area (Å²) in [7, 11) is 0. The number of hydrogen-bond acceptors (Lipinski definition) is 3. The van der Waals surface area contributed by atoms with Crippen molar-refractivity contribution in [3.63, 3.8) is 0 Å². The summed E-state index contributed by atoms with van der Waals surface area (Å²) in [5.41, 5.74) is 2.11. The molecule has 1 aromatic rings. The molecule has 1 heterocycles. The van der Waals surface area contributed by atoms with Crippen LogP contribution in [0.3, 0.4) is 0 Å². The number of rotatable bonds is 4. The Kier molecular flexibility index (Phi) is 5.55. The summed E-state index contributed by atoms with van der Waals surface area (Å²) in [6.45, 7) is 7.25. The van der Waals surface area contributed by atoms with E-state index in [0.29, 0.717) is 19.7 Å². The molecule has 1 aliphatic rings. The molecule has 0 radical (unpaired) electrons. The van der Waals surface area contributed by atoms with Gasteiger partial charge in [0.15, 0.2) is 0 Å². The number of nitrogens with one attached hydrogen (secondary N) is 1. The van der Waals surface area contributed by atoms with Gasteiger partial charge in [-0.2, -0.15) is 0 Å². The van der Waals surface area contributed by atoms with E-state index in [9.17, 15) is 9.59 Å². The number of nitrogens with zero attached hydrogens (tertiary/aromatic N) is 1. The highest BCUT2D eigenvalue weighted by Crippen LogP contribution is 2.19. The summed E-state index contributed by atoms with van der Waals surface area (Å²) >= 11 is 0. The van der Waals surface area contributed by atoms with Gasteiger partial charge >= 0.3 is 0 Å². The highest BCUT2D eigenvalue weighted by Gasteiger charge is 2.25. The fraction of sp³-hybridized carbons (Fsp3) is 0.529. The molecule has 1 aliphatic heterocycles. The summed E-state index contributed by atoms with van der Waals surface area (Å²) in [6, 6.07) is 7.62. The highest BCUT2D eigenvalue weighted by atomic mass is 16.5. The number of ether oxygens (including phenoxy) is 1. The Morgan fingerprint density at radius 1 is 1.36 bits per heavy atom. The average molecular weight is 304 g/mol. The van der Waals surface area contributed by atoms with Gasteiger partial charge in [0.05, 0.1) is 25.2 Å². The van der Waals surface area contributed by atoms with E-state index in [-0.39, 0.29) is 30.4 Å². The second-order valence-electron chi connectivity index (χ2n) is 5.89. The van der Waals surface area contributed by atoms with E-state index in [1.165, 1.54) is 6.92 Å². The lowest BCUT2D eigenvalue weighted by Crippen LogP contribution is -2.45. The molecular weight excluding hydrogens is 280 g/mol. The van der Waals surface area contributed by atoms with Gasteiger partial charge in [-0.25, -0.2) is 0 Å². The van der Waals surface area contributed by atoms with Gasteiger partial charge in [-0.15, -0.1) is 0 Å². The molecule has 1 aromatic carbocycles. The molecular formula is C17H24N2O3. The van der Waals surface area contributed by atoms with Crippen LogP contribution in [-0.2, 0) is 14.3 Å². The van der Waals surface area contributed by atoms with Crippen LogP contribution in [0.15, 0.2) is 24.3 Å². The fourth-order valence-electron chi connectivity index (χ4n) is 2.65. The van der Waals surface area contributed by atoms with E-state index in [0.717, 1.165) is 11.1 Å². The maximum absolute atomic E-state index is 12.5. The van der Waals surface area contributed by atoms with Crippen molar-refractivity contribution in [2.24, 2.45) is 0 Å². The van der Waals surface area contributed by atoms with Crippen LogP contribution in [0.25, 0.3) is 0 Å². The molecule has 2 atom stereocenters. The smallest absolute Gasteiger partial charge is 0.225 e. The third-order valence-corrected chi connectivity index (χ3v) is 3.83. The first kappa shape index (κ1) is 16.5. The summed E-state index contributed by atoms with van der Waals surface area (Å²) in [6.07, 6.45) is 0.339. The predicted octanol–water partition coefficient (Wildman–Crippen LogP) is 1.81. The fourth-order valence-corrected chi connectivity index (χ4v) is 2.65. The Morgan fingerprint density at radius 3 is 2.64 bits per heavy atom. The lowest BCUT2D eigenvalue weighted by atomic mass is 10.0. The molecule has 1 N–H and O–H groups in total.